The van der Waals surface area contributed by atoms with Crippen molar-refractivity contribution in [2.45, 2.75) is 155 Å². The number of rotatable bonds is 23. The van der Waals surface area contributed by atoms with Gasteiger partial charge in [-0.25, -0.2) is 0 Å². The molecule has 1 aliphatic rings. The van der Waals surface area contributed by atoms with Crippen LogP contribution in [-0.4, -0.2) is 17.6 Å². The van der Waals surface area contributed by atoms with Gasteiger partial charge in [-0.2, -0.15) is 0 Å². The molecule has 35 heavy (non-hydrogen) atoms. The predicted octanol–water partition coefficient (Wildman–Crippen LogP) is 10.8. The van der Waals surface area contributed by atoms with E-state index in [0.717, 1.165) is 0 Å². The van der Waals surface area contributed by atoms with Crippen LogP contribution in [0, 0.1) is 0 Å². The van der Waals surface area contributed by atoms with Gasteiger partial charge in [-0.3, -0.25) is 0 Å². The smallest absolute Gasteiger partial charge is 0.105 e. The molecule has 1 unspecified atom stereocenters. The summed E-state index contributed by atoms with van der Waals surface area (Å²) in [6.45, 7) is 5.81. The number of unbranched alkanes of at least 4 members (excludes halogenated alkanes) is 18. The van der Waals surface area contributed by atoms with E-state index in [0.29, 0.717) is 6.17 Å². The Hall–Kier alpha value is -1.44. The summed E-state index contributed by atoms with van der Waals surface area (Å²) in [5, 5.41) is 0. The molecule has 200 valence electrons. The highest BCUT2D eigenvalue weighted by atomic mass is 15.4. The lowest BCUT2D eigenvalue weighted by Crippen LogP contribution is -2.39. The molecule has 1 aromatic rings. The molecule has 0 bridgehead atoms. The summed E-state index contributed by atoms with van der Waals surface area (Å²) in [6.07, 6.45) is 34.8. The third-order valence-electron chi connectivity index (χ3n) is 7.76. The second kappa shape index (κ2) is 20.7. The van der Waals surface area contributed by atoms with Crippen LogP contribution >= 0.6 is 0 Å². The highest BCUT2D eigenvalue weighted by Gasteiger charge is 2.26. The van der Waals surface area contributed by atoms with Crippen LogP contribution < -0.4 is 4.90 Å². The molecule has 0 fully saturated rings. The highest BCUT2D eigenvalue weighted by molar-refractivity contribution is 5.51. The number of hydrogen-bond donors (Lipinski definition) is 0. The summed E-state index contributed by atoms with van der Waals surface area (Å²) in [4.78, 5) is 5.13. The Morgan fingerprint density at radius 2 is 0.971 bits per heavy atom. The van der Waals surface area contributed by atoms with E-state index < -0.39 is 0 Å². The maximum absolute atomic E-state index is 2.62. The van der Waals surface area contributed by atoms with E-state index in [-0.39, 0.29) is 0 Å². The van der Waals surface area contributed by atoms with Crippen molar-refractivity contribution in [3.05, 3.63) is 42.7 Å². The van der Waals surface area contributed by atoms with Gasteiger partial charge in [-0.05, 0) is 31.4 Å². The molecule has 0 spiro atoms. The molecule has 1 aromatic carbocycles. The van der Waals surface area contributed by atoms with Crippen molar-refractivity contribution >= 4 is 5.69 Å². The van der Waals surface area contributed by atoms with E-state index in [4.69, 9.17) is 0 Å². The zero-order valence-electron chi connectivity index (χ0n) is 23.6. The topological polar surface area (TPSA) is 6.48 Å². The molecule has 0 saturated heterocycles. The minimum absolute atomic E-state index is 0.505. The first kappa shape index (κ1) is 29.8. The van der Waals surface area contributed by atoms with Gasteiger partial charge in [0.05, 0.1) is 0 Å². The van der Waals surface area contributed by atoms with Crippen LogP contribution in [0.2, 0.25) is 0 Å². The number of hydrogen-bond acceptors (Lipinski definition) is 2. The summed E-state index contributed by atoms with van der Waals surface area (Å²) in [6, 6.07) is 11.0. The second-order valence-electron chi connectivity index (χ2n) is 10.9. The maximum Gasteiger partial charge on any atom is 0.105 e. The number of para-hydroxylation sites is 1. The van der Waals surface area contributed by atoms with Crippen molar-refractivity contribution in [1.29, 1.82) is 0 Å². The first-order valence-electron chi connectivity index (χ1n) is 15.6. The van der Waals surface area contributed by atoms with Crippen LogP contribution in [0.4, 0.5) is 5.69 Å². The summed E-state index contributed by atoms with van der Waals surface area (Å²) >= 11 is 0. The van der Waals surface area contributed by atoms with E-state index in [1.807, 2.05) is 0 Å². The molecule has 0 radical (unpaired) electrons. The molecule has 2 rings (SSSR count). The number of anilines is 1. The number of benzene rings is 1. The van der Waals surface area contributed by atoms with Crippen LogP contribution in [0.25, 0.3) is 0 Å². The zero-order valence-corrected chi connectivity index (χ0v) is 23.6. The fraction of sp³-hybridized carbons (Fsp3) is 0.758. The molecule has 0 amide bonds. The predicted molar refractivity (Wildman–Crippen MR) is 157 cm³/mol. The van der Waals surface area contributed by atoms with Crippen LogP contribution in [0.15, 0.2) is 42.7 Å². The van der Waals surface area contributed by atoms with Crippen molar-refractivity contribution in [3.63, 3.8) is 0 Å². The van der Waals surface area contributed by atoms with Crippen LogP contribution in [-0.2, 0) is 0 Å². The van der Waals surface area contributed by atoms with E-state index in [1.165, 1.54) is 147 Å². The molecule has 2 heteroatoms. The molecule has 0 aromatic heterocycles. The van der Waals surface area contributed by atoms with Gasteiger partial charge in [0.25, 0.3) is 0 Å². The Labute approximate surface area is 219 Å². The lowest BCUT2D eigenvalue weighted by Gasteiger charge is -2.33. The Balaban J connectivity index is 1.53. The lowest BCUT2D eigenvalue weighted by molar-refractivity contribution is 0.273. The molecule has 2 nitrogen and oxygen atoms in total. The first-order valence-corrected chi connectivity index (χ1v) is 15.6. The SMILES string of the molecule is CCCCCCCCCCCCCCCCCN1C=CN(c2ccccc2)C1CCCCCCC. The largest absolute Gasteiger partial charge is 0.356 e. The Morgan fingerprint density at radius 1 is 0.514 bits per heavy atom. The summed E-state index contributed by atoms with van der Waals surface area (Å²) in [5.74, 6) is 0. The second-order valence-corrected chi connectivity index (χ2v) is 10.9. The summed E-state index contributed by atoms with van der Waals surface area (Å²) < 4.78 is 0. The Morgan fingerprint density at radius 3 is 1.49 bits per heavy atom. The van der Waals surface area contributed by atoms with Gasteiger partial charge >= 0.3 is 0 Å². The van der Waals surface area contributed by atoms with Crippen molar-refractivity contribution in [1.82, 2.24) is 4.90 Å². The van der Waals surface area contributed by atoms with E-state index in [9.17, 15) is 0 Å². The Bertz CT molecular complexity index is 611. The fourth-order valence-corrected chi connectivity index (χ4v) is 5.50. The van der Waals surface area contributed by atoms with Crippen LogP contribution in [0.1, 0.15) is 149 Å². The van der Waals surface area contributed by atoms with E-state index in [2.05, 4.69) is 66.4 Å². The van der Waals surface area contributed by atoms with Gasteiger partial charge in [0.1, 0.15) is 6.17 Å². The van der Waals surface area contributed by atoms with Gasteiger partial charge in [0.2, 0.25) is 0 Å². The summed E-state index contributed by atoms with van der Waals surface area (Å²) in [5.41, 5.74) is 1.33. The molecule has 1 heterocycles. The van der Waals surface area contributed by atoms with E-state index in [1.54, 1.807) is 0 Å². The van der Waals surface area contributed by atoms with Gasteiger partial charge in [0.15, 0.2) is 0 Å². The quantitative estimate of drug-likeness (QED) is 0.143. The molecular formula is C33H58N2. The molecule has 0 saturated carbocycles. The lowest BCUT2D eigenvalue weighted by atomic mass is 10.0. The molecule has 0 aliphatic carbocycles. The third kappa shape index (κ3) is 13.4. The minimum Gasteiger partial charge on any atom is -0.356 e. The third-order valence-corrected chi connectivity index (χ3v) is 7.76. The molecule has 0 N–H and O–H groups in total. The summed E-state index contributed by atoms with van der Waals surface area (Å²) in [7, 11) is 0. The maximum atomic E-state index is 2.62. The van der Waals surface area contributed by atoms with Gasteiger partial charge < -0.3 is 9.80 Å². The van der Waals surface area contributed by atoms with Crippen LogP contribution in [0.5, 0.6) is 0 Å². The molecule has 1 atom stereocenters. The molecule has 1 aliphatic heterocycles. The van der Waals surface area contributed by atoms with Gasteiger partial charge in [0, 0.05) is 24.6 Å². The highest BCUT2D eigenvalue weighted by Crippen LogP contribution is 2.28. The van der Waals surface area contributed by atoms with E-state index >= 15 is 0 Å². The average molecular weight is 483 g/mol. The van der Waals surface area contributed by atoms with Gasteiger partial charge in [-0.15, -0.1) is 0 Å². The number of nitrogens with zero attached hydrogens (tertiary/aromatic N) is 2. The first-order chi connectivity index (χ1) is 17.4. The fourth-order valence-electron chi connectivity index (χ4n) is 5.50. The Kier molecular flexibility index (Phi) is 17.6. The van der Waals surface area contributed by atoms with Crippen molar-refractivity contribution in [2.75, 3.05) is 11.4 Å². The van der Waals surface area contributed by atoms with Gasteiger partial charge in [-0.1, -0.05) is 148 Å². The van der Waals surface area contributed by atoms with Crippen molar-refractivity contribution in [3.8, 4) is 0 Å². The monoisotopic (exact) mass is 482 g/mol. The zero-order chi connectivity index (χ0) is 24.8. The standard InChI is InChI=1S/C33H58N2/c1-3-5-7-9-10-11-12-13-14-15-16-17-18-20-25-29-34-30-31-35(32-26-22-21-23-27-32)33(34)28-24-19-8-6-4-2/h21-23,26-27,30-31,33H,3-20,24-25,28-29H2,1-2H3. The van der Waals surface area contributed by atoms with Crippen molar-refractivity contribution in [2.24, 2.45) is 0 Å². The van der Waals surface area contributed by atoms with Crippen molar-refractivity contribution < 1.29 is 0 Å². The van der Waals surface area contributed by atoms with Crippen LogP contribution in [0.3, 0.4) is 0 Å². The molecular weight excluding hydrogens is 424 g/mol. The normalized spacial score (nSPS) is 15.4. The average Bonchev–Trinajstić information content (AvgIpc) is 3.29. The minimum atomic E-state index is 0.505.